The fourth-order valence-corrected chi connectivity index (χ4v) is 1.37. The molecule has 1 aromatic carbocycles. The lowest BCUT2D eigenvalue weighted by molar-refractivity contribution is 0.279. The summed E-state index contributed by atoms with van der Waals surface area (Å²) in [7, 11) is -1.85. The van der Waals surface area contributed by atoms with Gasteiger partial charge in [-0.15, -0.1) is 0 Å². The van der Waals surface area contributed by atoms with Gasteiger partial charge in [-0.05, 0) is 19.1 Å². The van der Waals surface area contributed by atoms with Gasteiger partial charge in [0.1, 0.15) is 0 Å². The zero-order valence-electron chi connectivity index (χ0n) is 8.74. The van der Waals surface area contributed by atoms with Crippen molar-refractivity contribution in [1.29, 1.82) is 0 Å². The highest BCUT2D eigenvalue weighted by molar-refractivity contribution is 6.33. The van der Waals surface area contributed by atoms with E-state index in [0.717, 1.165) is 11.3 Å². The molecule has 2 N–H and O–H groups in total. The van der Waals surface area contributed by atoms with Crippen molar-refractivity contribution in [3.63, 3.8) is 0 Å². The van der Waals surface area contributed by atoms with Gasteiger partial charge in [-0.3, -0.25) is 0 Å². The first-order valence-corrected chi connectivity index (χ1v) is 4.81. The molecule has 0 spiro atoms. The Morgan fingerprint density at radius 3 is 2.50 bits per heavy atom. The molecule has 2 rings (SSSR count). The SMILES string of the molecule is Cc1ccc(-n2nccc2OB(O)O)cc1. The maximum absolute atomic E-state index is 8.73. The van der Waals surface area contributed by atoms with Crippen molar-refractivity contribution in [2.75, 3.05) is 0 Å². The third kappa shape index (κ3) is 2.24. The summed E-state index contributed by atoms with van der Waals surface area (Å²) in [5, 5.41) is 21.5. The quantitative estimate of drug-likeness (QED) is 0.737. The van der Waals surface area contributed by atoms with Gasteiger partial charge in [-0.25, -0.2) is 4.68 Å². The first-order valence-electron chi connectivity index (χ1n) is 4.81. The number of aromatic nitrogens is 2. The molecular weight excluding hydrogens is 207 g/mol. The predicted octanol–water partition coefficient (Wildman–Crippen LogP) is 0.529. The number of benzene rings is 1. The van der Waals surface area contributed by atoms with Gasteiger partial charge < -0.3 is 14.7 Å². The minimum Gasteiger partial charge on any atom is -0.498 e. The van der Waals surface area contributed by atoms with E-state index in [-0.39, 0.29) is 5.88 Å². The highest BCUT2D eigenvalue weighted by atomic mass is 16.6. The minimum atomic E-state index is -1.85. The van der Waals surface area contributed by atoms with Crippen molar-refractivity contribution in [2.45, 2.75) is 6.92 Å². The summed E-state index contributed by atoms with van der Waals surface area (Å²) >= 11 is 0. The molecule has 0 radical (unpaired) electrons. The first kappa shape index (κ1) is 10.7. The minimum absolute atomic E-state index is 0.277. The molecule has 0 aliphatic carbocycles. The van der Waals surface area contributed by atoms with Crippen molar-refractivity contribution < 1.29 is 14.7 Å². The van der Waals surface area contributed by atoms with E-state index in [0.29, 0.717) is 0 Å². The summed E-state index contributed by atoms with van der Waals surface area (Å²) < 4.78 is 6.27. The van der Waals surface area contributed by atoms with Gasteiger partial charge in [0.25, 0.3) is 0 Å². The van der Waals surface area contributed by atoms with Crippen molar-refractivity contribution >= 4 is 7.32 Å². The Kier molecular flexibility index (Phi) is 2.94. The number of aryl methyl sites for hydroxylation is 1. The largest absolute Gasteiger partial charge is 0.708 e. The summed E-state index contributed by atoms with van der Waals surface area (Å²) in [6, 6.07) is 9.18. The Labute approximate surface area is 93.1 Å². The first-order chi connectivity index (χ1) is 7.66. The van der Waals surface area contributed by atoms with Crippen LogP contribution in [0.4, 0.5) is 0 Å². The Morgan fingerprint density at radius 2 is 1.88 bits per heavy atom. The zero-order chi connectivity index (χ0) is 11.5. The molecule has 0 saturated heterocycles. The lowest BCUT2D eigenvalue weighted by atomic mass is 10.2. The van der Waals surface area contributed by atoms with Crippen molar-refractivity contribution in [3.8, 4) is 11.6 Å². The third-order valence-corrected chi connectivity index (χ3v) is 2.11. The molecule has 0 atom stereocenters. The van der Waals surface area contributed by atoms with E-state index in [4.69, 9.17) is 14.7 Å². The molecule has 0 fully saturated rings. The average Bonchev–Trinajstić information content (AvgIpc) is 2.66. The third-order valence-electron chi connectivity index (χ3n) is 2.11. The molecule has 0 saturated carbocycles. The second-order valence-corrected chi connectivity index (χ2v) is 3.36. The van der Waals surface area contributed by atoms with Crippen molar-refractivity contribution in [1.82, 2.24) is 9.78 Å². The van der Waals surface area contributed by atoms with Crippen molar-refractivity contribution in [2.24, 2.45) is 0 Å². The maximum atomic E-state index is 8.73. The normalized spacial score (nSPS) is 10.2. The zero-order valence-corrected chi connectivity index (χ0v) is 8.74. The van der Waals surface area contributed by atoms with Crippen LogP contribution in [0.2, 0.25) is 0 Å². The predicted molar refractivity (Wildman–Crippen MR) is 59.1 cm³/mol. The second kappa shape index (κ2) is 4.38. The van der Waals surface area contributed by atoms with E-state index in [2.05, 4.69) is 5.10 Å². The van der Waals surface area contributed by atoms with Crippen LogP contribution < -0.4 is 4.65 Å². The smallest absolute Gasteiger partial charge is 0.498 e. The summed E-state index contributed by atoms with van der Waals surface area (Å²) in [5.74, 6) is 0.277. The molecule has 0 unspecified atom stereocenters. The Bertz CT molecular complexity index is 467. The van der Waals surface area contributed by atoms with Crippen LogP contribution in [0.15, 0.2) is 36.5 Å². The number of nitrogens with zero attached hydrogens (tertiary/aromatic N) is 2. The highest BCUT2D eigenvalue weighted by Gasteiger charge is 2.15. The molecule has 0 aliphatic heterocycles. The fraction of sp³-hybridized carbons (Fsp3) is 0.100. The highest BCUT2D eigenvalue weighted by Crippen LogP contribution is 2.17. The molecule has 16 heavy (non-hydrogen) atoms. The van der Waals surface area contributed by atoms with E-state index in [1.54, 1.807) is 6.07 Å². The monoisotopic (exact) mass is 218 g/mol. The molecule has 2 aromatic rings. The van der Waals surface area contributed by atoms with E-state index in [1.165, 1.54) is 10.9 Å². The van der Waals surface area contributed by atoms with Crippen LogP contribution in [0.5, 0.6) is 5.88 Å². The standard InChI is InChI=1S/C10H11BN2O3/c1-8-2-4-9(5-3-8)13-10(6-7-12-13)16-11(14)15/h2-7,14-15H,1H3. The molecular formula is C10H11BN2O3. The van der Waals surface area contributed by atoms with Crippen molar-refractivity contribution in [3.05, 3.63) is 42.1 Å². The van der Waals surface area contributed by atoms with E-state index in [9.17, 15) is 0 Å². The Hall–Kier alpha value is -1.79. The molecule has 0 aliphatic rings. The molecule has 0 amide bonds. The van der Waals surface area contributed by atoms with Crippen LogP contribution in [0.25, 0.3) is 5.69 Å². The van der Waals surface area contributed by atoms with Gasteiger partial charge in [-0.2, -0.15) is 5.10 Å². The molecule has 1 aromatic heterocycles. The summed E-state index contributed by atoms with van der Waals surface area (Å²) in [6.45, 7) is 1.99. The fourth-order valence-electron chi connectivity index (χ4n) is 1.37. The van der Waals surface area contributed by atoms with Gasteiger partial charge in [-0.1, -0.05) is 17.7 Å². The van der Waals surface area contributed by atoms with Crippen LogP contribution in [0.3, 0.4) is 0 Å². The van der Waals surface area contributed by atoms with E-state index >= 15 is 0 Å². The van der Waals surface area contributed by atoms with Gasteiger partial charge in [0, 0.05) is 6.07 Å². The Balaban J connectivity index is 2.33. The molecule has 82 valence electrons. The second-order valence-electron chi connectivity index (χ2n) is 3.36. The van der Waals surface area contributed by atoms with Gasteiger partial charge in [0.05, 0.1) is 11.9 Å². The maximum Gasteiger partial charge on any atom is 0.708 e. The number of hydrogen-bond acceptors (Lipinski definition) is 4. The Morgan fingerprint density at radius 1 is 1.19 bits per heavy atom. The van der Waals surface area contributed by atoms with Gasteiger partial charge in [0.2, 0.25) is 5.88 Å². The van der Waals surface area contributed by atoms with Crippen LogP contribution in [-0.2, 0) is 0 Å². The molecule has 1 heterocycles. The molecule has 6 heteroatoms. The molecule has 0 bridgehead atoms. The summed E-state index contributed by atoms with van der Waals surface area (Å²) in [6.07, 6.45) is 1.53. The van der Waals surface area contributed by atoms with E-state index in [1.807, 2.05) is 31.2 Å². The average molecular weight is 218 g/mol. The molecule has 5 nitrogen and oxygen atoms in total. The lowest BCUT2D eigenvalue weighted by Gasteiger charge is -2.08. The number of hydrogen-bond donors (Lipinski definition) is 2. The van der Waals surface area contributed by atoms with Crippen LogP contribution >= 0.6 is 0 Å². The lowest BCUT2D eigenvalue weighted by Crippen LogP contribution is -2.22. The van der Waals surface area contributed by atoms with Crippen LogP contribution in [0, 0.1) is 6.92 Å². The van der Waals surface area contributed by atoms with Gasteiger partial charge >= 0.3 is 7.32 Å². The van der Waals surface area contributed by atoms with E-state index < -0.39 is 7.32 Å². The topological polar surface area (TPSA) is 67.5 Å². The summed E-state index contributed by atoms with van der Waals surface area (Å²) in [4.78, 5) is 0. The summed E-state index contributed by atoms with van der Waals surface area (Å²) in [5.41, 5.74) is 1.94. The van der Waals surface area contributed by atoms with Crippen LogP contribution in [0.1, 0.15) is 5.56 Å². The van der Waals surface area contributed by atoms with Gasteiger partial charge in [0.15, 0.2) is 0 Å². The number of rotatable bonds is 3. The van der Waals surface area contributed by atoms with Crippen LogP contribution in [-0.4, -0.2) is 27.1 Å².